The second-order valence-electron chi connectivity index (χ2n) is 4.06. The van der Waals surface area contributed by atoms with Crippen LogP contribution in [-0.2, 0) is 0 Å². The molecule has 0 aliphatic carbocycles. The van der Waals surface area contributed by atoms with Crippen LogP contribution in [0.5, 0.6) is 0 Å². The molecule has 0 fully saturated rings. The zero-order chi connectivity index (χ0) is 12.1. The summed E-state index contributed by atoms with van der Waals surface area (Å²) in [6.07, 6.45) is 2.22. The number of halogens is 2. The molecule has 1 rings (SSSR count). The summed E-state index contributed by atoms with van der Waals surface area (Å²) in [5.41, 5.74) is 0.348. The van der Waals surface area contributed by atoms with E-state index in [1.165, 1.54) is 6.26 Å². The van der Waals surface area contributed by atoms with Crippen molar-refractivity contribution >= 4 is 29.1 Å². The van der Waals surface area contributed by atoms with E-state index in [9.17, 15) is 4.79 Å². The van der Waals surface area contributed by atoms with Crippen LogP contribution in [-0.4, -0.2) is 17.8 Å². The SMILES string of the molecule is CC(C)CC(CCl)NC(=O)c1ccoc1Cl. The minimum absolute atomic E-state index is 0.0415. The highest BCUT2D eigenvalue weighted by molar-refractivity contribution is 6.32. The van der Waals surface area contributed by atoms with E-state index in [0.29, 0.717) is 17.4 Å². The molecule has 0 radical (unpaired) electrons. The van der Waals surface area contributed by atoms with Crippen LogP contribution < -0.4 is 5.32 Å². The summed E-state index contributed by atoms with van der Waals surface area (Å²) in [4.78, 5) is 11.8. The molecule has 1 amide bonds. The van der Waals surface area contributed by atoms with Crippen LogP contribution in [0.2, 0.25) is 5.22 Å². The molecule has 0 bridgehead atoms. The van der Waals surface area contributed by atoms with Crippen molar-refractivity contribution in [3.8, 4) is 0 Å². The number of furan rings is 1. The molecular weight excluding hydrogens is 249 g/mol. The molecule has 1 aromatic heterocycles. The van der Waals surface area contributed by atoms with Crippen molar-refractivity contribution in [3.63, 3.8) is 0 Å². The van der Waals surface area contributed by atoms with Gasteiger partial charge in [-0.15, -0.1) is 11.6 Å². The van der Waals surface area contributed by atoms with Gasteiger partial charge in [-0.3, -0.25) is 4.79 Å². The fourth-order valence-corrected chi connectivity index (χ4v) is 1.85. The third-order valence-electron chi connectivity index (χ3n) is 2.14. The molecule has 16 heavy (non-hydrogen) atoms. The second-order valence-corrected chi connectivity index (χ2v) is 4.71. The Kier molecular flexibility index (Phi) is 5.16. The standard InChI is InChI=1S/C11H15Cl2NO2/c1-7(2)5-8(6-12)14-11(15)9-3-4-16-10(9)13/h3-4,7-8H,5-6H2,1-2H3,(H,14,15). The molecule has 1 N–H and O–H groups in total. The summed E-state index contributed by atoms with van der Waals surface area (Å²) in [6, 6.07) is 1.50. The summed E-state index contributed by atoms with van der Waals surface area (Å²) in [6.45, 7) is 4.16. The van der Waals surface area contributed by atoms with Crippen LogP contribution >= 0.6 is 23.2 Å². The van der Waals surface area contributed by atoms with E-state index in [1.54, 1.807) is 6.07 Å². The summed E-state index contributed by atoms with van der Waals surface area (Å²) < 4.78 is 4.85. The highest BCUT2D eigenvalue weighted by Gasteiger charge is 2.17. The molecule has 90 valence electrons. The molecule has 5 heteroatoms. The minimum Gasteiger partial charge on any atom is -0.452 e. The third kappa shape index (κ3) is 3.72. The summed E-state index contributed by atoms with van der Waals surface area (Å²) in [7, 11) is 0. The van der Waals surface area contributed by atoms with Crippen molar-refractivity contribution < 1.29 is 9.21 Å². The Morgan fingerprint density at radius 1 is 1.56 bits per heavy atom. The second kappa shape index (κ2) is 6.16. The molecule has 1 atom stereocenters. The molecule has 1 heterocycles. The zero-order valence-electron chi connectivity index (χ0n) is 9.30. The van der Waals surface area contributed by atoms with Crippen LogP contribution in [0.3, 0.4) is 0 Å². The molecule has 0 aromatic carbocycles. The van der Waals surface area contributed by atoms with E-state index in [0.717, 1.165) is 6.42 Å². The average Bonchev–Trinajstić information content (AvgIpc) is 2.62. The Labute approximate surface area is 105 Å². The van der Waals surface area contributed by atoms with Gasteiger partial charge in [-0.25, -0.2) is 0 Å². The van der Waals surface area contributed by atoms with Gasteiger partial charge < -0.3 is 9.73 Å². The summed E-state index contributed by atoms with van der Waals surface area (Å²) in [5, 5.41) is 2.93. The minimum atomic E-state index is -0.245. The first-order valence-electron chi connectivity index (χ1n) is 5.14. The lowest BCUT2D eigenvalue weighted by Crippen LogP contribution is -2.37. The Morgan fingerprint density at radius 3 is 2.69 bits per heavy atom. The number of hydrogen-bond acceptors (Lipinski definition) is 2. The molecule has 0 saturated heterocycles. The number of carbonyl (C=O) groups is 1. The Balaban J connectivity index is 2.59. The van der Waals surface area contributed by atoms with E-state index in [4.69, 9.17) is 27.6 Å². The van der Waals surface area contributed by atoms with Crippen LogP contribution in [0.1, 0.15) is 30.6 Å². The third-order valence-corrected chi connectivity index (χ3v) is 2.81. The van der Waals surface area contributed by atoms with Gasteiger partial charge in [0.05, 0.1) is 11.8 Å². The van der Waals surface area contributed by atoms with Crippen molar-refractivity contribution in [3.05, 3.63) is 23.1 Å². The molecular formula is C11H15Cl2NO2. The number of hydrogen-bond donors (Lipinski definition) is 1. The van der Waals surface area contributed by atoms with E-state index < -0.39 is 0 Å². The van der Waals surface area contributed by atoms with E-state index in [1.807, 2.05) is 0 Å². The van der Waals surface area contributed by atoms with Gasteiger partial charge in [0.15, 0.2) is 0 Å². The Hall–Kier alpha value is -0.670. The maximum atomic E-state index is 11.8. The fraction of sp³-hybridized carbons (Fsp3) is 0.545. The van der Waals surface area contributed by atoms with Crippen molar-refractivity contribution in [1.82, 2.24) is 5.32 Å². The van der Waals surface area contributed by atoms with Gasteiger partial charge in [0, 0.05) is 11.9 Å². The molecule has 0 aliphatic heterocycles. The molecule has 0 aliphatic rings. The quantitative estimate of drug-likeness (QED) is 0.829. The van der Waals surface area contributed by atoms with Crippen LogP contribution in [0, 0.1) is 5.92 Å². The lowest BCUT2D eigenvalue weighted by atomic mass is 10.0. The first-order valence-corrected chi connectivity index (χ1v) is 6.05. The monoisotopic (exact) mass is 263 g/mol. The van der Waals surface area contributed by atoms with Gasteiger partial charge in [-0.2, -0.15) is 0 Å². The summed E-state index contributed by atoms with van der Waals surface area (Å²) >= 11 is 11.5. The maximum absolute atomic E-state index is 11.8. The van der Waals surface area contributed by atoms with Gasteiger partial charge >= 0.3 is 0 Å². The van der Waals surface area contributed by atoms with Gasteiger partial charge in [0.1, 0.15) is 0 Å². The van der Waals surface area contributed by atoms with E-state index >= 15 is 0 Å². The van der Waals surface area contributed by atoms with Gasteiger partial charge in [-0.05, 0) is 30.0 Å². The summed E-state index contributed by atoms with van der Waals surface area (Å²) in [5.74, 6) is 0.619. The van der Waals surface area contributed by atoms with E-state index in [2.05, 4.69) is 19.2 Å². The van der Waals surface area contributed by atoms with Gasteiger partial charge in [0.25, 0.3) is 5.91 Å². The van der Waals surface area contributed by atoms with E-state index in [-0.39, 0.29) is 17.2 Å². The first-order chi connectivity index (χ1) is 7.54. The predicted molar refractivity (Wildman–Crippen MR) is 65.1 cm³/mol. The van der Waals surface area contributed by atoms with Gasteiger partial charge in [-0.1, -0.05) is 13.8 Å². The smallest absolute Gasteiger partial charge is 0.256 e. The maximum Gasteiger partial charge on any atom is 0.256 e. The lowest BCUT2D eigenvalue weighted by Gasteiger charge is -2.17. The highest BCUT2D eigenvalue weighted by atomic mass is 35.5. The number of alkyl halides is 1. The fourth-order valence-electron chi connectivity index (χ4n) is 1.45. The number of nitrogens with one attached hydrogen (secondary N) is 1. The van der Waals surface area contributed by atoms with Crippen molar-refractivity contribution in [1.29, 1.82) is 0 Å². The van der Waals surface area contributed by atoms with Crippen LogP contribution in [0.4, 0.5) is 0 Å². The number of amides is 1. The largest absolute Gasteiger partial charge is 0.452 e. The van der Waals surface area contributed by atoms with Crippen molar-refractivity contribution in [2.45, 2.75) is 26.3 Å². The highest BCUT2D eigenvalue weighted by Crippen LogP contribution is 2.17. The Bertz CT molecular complexity index is 350. The molecule has 1 aromatic rings. The molecule has 0 saturated carbocycles. The molecule has 1 unspecified atom stereocenters. The van der Waals surface area contributed by atoms with Crippen molar-refractivity contribution in [2.75, 3.05) is 5.88 Å². The lowest BCUT2D eigenvalue weighted by molar-refractivity contribution is 0.0936. The van der Waals surface area contributed by atoms with Crippen molar-refractivity contribution in [2.24, 2.45) is 5.92 Å². The number of carbonyl (C=O) groups excluding carboxylic acids is 1. The Morgan fingerprint density at radius 2 is 2.25 bits per heavy atom. The topological polar surface area (TPSA) is 42.2 Å². The average molecular weight is 264 g/mol. The normalized spacial score (nSPS) is 12.8. The van der Waals surface area contributed by atoms with Crippen LogP contribution in [0.15, 0.2) is 16.7 Å². The number of rotatable bonds is 5. The predicted octanol–water partition coefficient (Wildman–Crippen LogP) is 3.32. The zero-order valence-corrected chi connectivity index (χ0v) is 10.8. The van der Waals surface area contributed by atoms with Crippen LogP contribution in [0.25, 0.3) is 0 Å². The molecule has 0 spiro atoms. The van der Waals surface area contributed by atoms with Gasteiger partial charge in [0.2, 0.25) is 5.22 Å². The first kappa shape index (κ1) is 13.4. The molecule has 3 nitrogen and oxygen atoms in total.